The first-order valence-electron chi connectivity index (χ1n) is 8.07. The molecule has 0 amide bonds. The Kier molecular flexibility index (Phi) is 3.97. The molecule has 26 heavy (non-hydrogen) atoms. The molecule has 4 aromatic rings. The number of fused-ring (bicyclic) bond motifs is 1. The van der Waals surface area contributed by atoms with E-state index in [0.29, 0.717) is 28.2 Å². The lowest BCUT2D eigenvalue weighted by molar-refractivity contribution is 0.600. The Morgan fingerprint density at radius 2 is 1.65 bits per heavy atom. The topological polar surface area (TPSA) is 72.2 Å². The second-order valence-corrected chi connectivity index (χ2v) is 7.59. The van der Waals surface area contributed by atoms with Gasteiger partial charge >= 0.3 is 0 Å². The Balaban J connectivity index is 1.69. The predicted molar refractivity (Wildman–Crippen MR) is 101 cm³/mol. The zero-order chi connectivity index (χ0) is 18.1. The molecule has 1 N–H and O–H groups in total. The maximum absolute atomic E-state index is 12.6. The van der Waals surface area contributed by atoms with E-state index in [2.05, 4.69) is 9.71 Å². The highest BCUT2D eigenvalue weighted by atomic mass is 32.2. The summed E-state index contributed by atoms with van der Waals surface area (Å²) in [6.45, 7) is 1.77. The molecular formula is C20H16N2O3S. The third-order valence-corrected chi connectivity index (χ3v) is 5.59. The van der Waals surface area contributed by atoms with E-state index in [1.165, 1.54) is 0 Å². The average Bonchev–Trinajstić information content (AvgIpc) is 3.06. The van der Waals surface area contributed by atoms with Crippen LogP contribution in [0.3, 0.4) is 0 Å². The fraction of sp³-hybridized carbons (Fsp3) is 0.0500. The highest BCUT2D eigenvalue weighted by molar-refractivity contribution is 7.92. The molecule has 0 aliphatic carbocycles. The molecule has 3 aromatic carbocycles. The van der Waals surface area contributed by atoms with E-state index in [0.717, 1.165) is 5.56 Å². The monoisotopic (exact) mass is 364 g/mol. The quantitative estimate of drug-likeness (QED) is 0.574. The summed E-state index contributed by atoms with van der Waals surface area (Å²) in [6.07, 6.45) is 0. The van der Waals surface area contributed by atoms with Gasteiger partial charge in [0.25, 0.3) is 10.0 Å². The van der Waals surface area contributed by atoms with Crippen LogP contribution in [0.4, 0.5) is 5.69 Å². The molecule has 0 aliphatic rings. The summed E-state index contributed by atoms with van der Waals surface area (Å²) >= 11 is 0. The highest BCUT2D eigenvalue weighted by Gasteiger charge is 2.17. The van der Waals surface area contributed by atoms with Crippen molar-refractivity contribution >= 4 is 26.8 Å². The molecule has 6 heteroatoms. The van der Waals surface area contributed by atoms with Crippen molar-refractivity contribution in [3.05, 3.63) is 78.4 Å². The zero-order valence-electron chi connectivity index (χ0n) is 14.0. The molecule has 4 rings (SSSR count). The molecule has 0 saturated carbocycles. The van der Waals surface area contributed by atoms with E-state index in [4.69, 9.17) is 4.42 Å². The van der Waals surface area contributed by atoms with Crippen molar-refractivity contribution < 1.29 is 12.8 Å². The zero-order valence-corrected chi connectivity index (χ0v) is 14.8. The first kappa shape index (κ1) is 16.4. The molecule has 0 fully saturated rings. The Labute approximate surface area is 151 Å². The van der Waals surface area contributed by atoms with Crippen LogP contribution in [0.2, 0.25) is 0 Å². The van der Waals surface area contributed by atoms with Crippen LogP contribution in [-0.2, 0) is 10.0 Å². The van der Waals surface area contributed by atoms with Crippen molar-refractivity contribution in [2.75, 3.05) is 4.72 Å². The lowest BCUT2D eigenvalue weighted by Crippen LogP contribution is -2.14. The van der Waals surface area contributed by atoms with E-state index >= 15 is 0 Å². The van der Waals surface area contributed by atoms with E-state index in [9.17, 15) is 8.42 Å². The van der Waals surface area contributed by atoms with E-state index < -0.39 is 10.0 Å². The first-order valence-corrected chi connectivity index (χ1v) is 9.56. The van der Waals surface area contributed by atoms with Crippen LogP contribution in [-0.4, -0.2) is 13.4 Å². The minimum Gasteiger partial charge on any atom is -0.436 e. The molecule has 0 atom stereocenters. The van der Waals surface area contributed by atoms with Gasteiger partial charge in [-0.2, -0.15) is 0 Å². The molecule has 5 nitrogen and oxygen atoms in total. The van der Waals surface area contributed by atoms with Crippen molar-refractivity contribution in [1.82, 2.24) is 4.98 Å². The number of nitrogens with one attached hydrogen (secondary N) is 1. The van der Waals surface area contributed by atoms with Crippen LogP contribution in [0.5, 0.6) is 0 Å². The second kappa shape index (κ2) is 6.31. The minimum atomic E-state index is -3.67. The second-order valence-electron chi connectivity index (χ2n) is 5.94. The normalized spacial score (nSPS) is 11.6. The van der Waals surface area contributed by atoms with Crippen molar-refractivity contribution in [3.63, 3.8) is 0 Å². The van der Waals surface area contributed by atoms with E-state index in [1.54, 1.807) is 49.4 Å². The third-order valence-electron chi connectivity index (χ3n) is 4.04. The molecular weight excluding hydrogens is 348 g/mol. The maximum Gasteiger partial charge on any atom is 0.262 e. The lowest BCUT2D eigenvalue weighted by atomic mass is 10.2. The SMILES string of the molecule is Cc1ccccc1S(=O)(=O)Nc1ccc2oc(-c3ccccc3)nc2c1. The number of aryl methyl sites for hydroxylation is 1. The molecule has 1 heterocycles. The van der Waals surface area contributed by atoms with Gasteiger partial charge in [-0.15, -0.1) is 0 Å². The first-order chi connectivity index (χ1) is 12.5. The molecule has 0 saturated heterocycles. The number of rotatable bonds is 4. The van der Waals surface area contributed by atoms with E-state index in [-0.39, 0.29) is 4.90 Å². The van der Waals surface area contributed by atoms with Crippen LogP contribution in [0.15, 0.2) is 82.1 Å². The lowest BCUT2D eigenvalue weighted by Gasteiger charge is -2.09. The smallest absolute Gasteiger partial charge is 0.262 e. The predicted octanol–water partition coefficient (Wildman–Crippen LogP) is 4.60. The van der Waals surface area contributed by atoms with Gasteiger partial charge in [-0.05, 0) is 48.9 Å². The van der Waals surface area contributed by atoms with Gasteiger partial charge in [-0.1, -0.05) is 36.4 Å². The van der Waals surface area contributed by atoms with Gasteiger partial charge in [0.2, 0.25) is 5.89 Å². The van der Waals surface area contributed by atoms with E-state index in [1.807, 2.05) is 30.3 Å². The summed E-state index contributed by atoms with van der Waals surface area (Å²) in [4.78, 5) is 4.72. The third kappa shape index (κ3) is 3.07. The van der Waals surface area contributed by atoms with Crippen molar-refractivity contribution in [2.24, 2.45) is 0 Å². The standard InChI is InChI=1S/C20H16N2O3S/c1-14-7-5-6-10-19(14)26(23,24)22-16-11-12-18-17(13-16)21-20(25-18)15-8-3-2-4-9-15/h2-13,22H,1H3. The molecule has 1 aromatic heterocycles. The Morgan fingerprint density at radius 3 is 2.42 bits per heavy atom. The molecule has 0 aliphatic heterocycles. The number of hydrogen-bond acceptors (Lipinski definition) is 4. The van der Waals surface area contributed by atoms with Gasteiger partial charge in [-0.3, -0.25) is 4.72 Å². The number of oxazole rings is 1. The van der Waals surface area contributed by atoms with Crippen LogP contribution >= 0.6 is 0 Å². The average molecular weight is 364 g/mol. The summed E-state index contributed by atoms with van der Waals surface area (Å²) in [5, 5.41) is 0. The fourth-order valence-electron chi connectivity index (χ4n) is 2.76. The molecule has 130 valence electrons. The number of anilines is 1. The number of benzene rings is 3. The molecule has 0 spiro atoms. The van der Waals surface area contributed by atoms with Gasteiger partial charge in [0.1, 0.15) is 5.52 Å². The number of aromatic nitrogens is 1. The number of sulfonamides is 1. The summed E-state index contributed by atoms with van der Waals surface area (Å²) in [7, 11) is -3.67. The Morgan fingerprint density at radius 1 is 0.923 bits per heavy atom. The summed E-state index contributed by atoms with van der Waals surface area (Å²) < 4.78 is 33.6. The van der Waals surface area contributed by atoms with Gasteiger partial charge in [0.15, 0.2) is 5.58 Å². The molecule has 0 bridgehead atoms. The van der Waals surface area contributed by atoms with Gasteiger partial charge in [-0.25, -0.2) is 13.4 Å². The maximum atomic E-state index is 12.6. The largest absolute Gasteiger partial charge is 0.436 e. The van der Waals surface area contributed by atoms with Crippen LogP contribution in [0.1, 0.15) is 5.56 Å². The molecule has 0 radical (unpaired) electrons. The Bertz CT molecular complexity index is 1180. The van der Waals surface area contributed by atoms with Crippen LogP contribution in [0.25, 0.3) is 22.6 Å². The molecule has 0 unspecified atom stereocenters. The van der Waals surface area contributed by atoms with Crippen molar-refractivity contribution in [2.45, 2.75) is 11.8 Å². The van der Waals surface area contributed by atoms with Gasteiger partial charge < -0.3 is 4.42 Å². The van der Waals surface area contributed by atoms with Crippen LogP contribution < -0.4 is 4.72 Å². The summed E-state index contributed by atoms with van der Waals surface area (Å²) in [5.74, 6) is 0.500. The van der Waals surface area contributed by atoms with Crippen molar-refractivity contribution in [3.8, 4) is 11.5 Å². The Hall–Kier alpha value is -3.12. The number of hydrogen-bond donors (Lipinski definition) is 1. The van der Waals surface area contributed by atoms with Crippen LogP contribution in [0, 0.1) is 6.92 Å². The number of nitrogens with zero attached hydrogens (tertiary/aromatic N) is 1. The van der Waals surface area contributed by atoms with Gasteiger partial charge in [0, 0.05) is 5.56 Å². The minimum absolute atomic E-state index is 0.255. The summed E-state index contributed by atoms with van der Waals surface area (Å²) in [5.41, 5.74) is 3.19. The van der Waals surface area contributed by atoms with Gasteiger partial charge in [0.05, 0.1) is 10.6 Å². The summed E-state index contributed by atoms with van der Waals surface area (Å²) in [6, 6.07) is 21.5. The van der Waals surface area contributed by atoms with Crippen molar-refractivity contribution in [1.29, 1.82) is 0 Å². The highest BCUT2D eigenvalue weighted by Crippen LogP contribution is 2.27. The fourth-order valence-corrected chi connectivity index (χ4v) is 4.06.